The second-order valence-corrected chi connectivity index (χ2v) is 7.07. The zero-order valence-corrected chi connectivity index (χ0v) is 13.1. The van der Waals surface area contributed by atoms with Gasteiger partial charge in [0.05, 0.1) is 11.6 Å². The van der Waals surface area contributed by atoms with E-state index in [-0.39, 0.29) is 22.2 Å². The number of likely N-dealkylation sites (N-methyl/N-ethyl adjacent to an activating group) is 1. The van der Waals surface area contributed by atoms with Crippen LogP contribution < -0.4 is 5.73 Å². The van der Waals surface area contributed by atoms with E-state index >= 15 is 0 Å². The summed E-state index contributed by atoms with van der Waals surface area (Å²) in [6.45, 7) is 1.31. The second kappa shape index (κ2) is 5.75. The summed E-state index contributed by atoms with van der Waals surface area (Å²) < 4.78 is 26.1. The predicted octanol–water partition coefficient (Wildman–Crippen LogP) is 1.69. The van der Waals surface area contributed by atoms with Gasteiger partial charge in [0.25, 0.3) is 0 Å². The van der Waals surface area contributed by atoms with E-state index in [1.165, 1.54) is 19.2 Å². The number of aliphatic hydroxyl groups is 1. The standard InChI is InChI=1S/C10H14BrClN2O3S/c1-6(5-15)14(2)18(16,17)9-4-7(13)3-8(11)10(9)12/h3-4,6,15H,5,13H2,1-2H3. The fraction of sp³-hybridized carbons (Fsp3) is 0.400. The summed E-state index contributed by atoms with van der Waals surface area (Å²) in [5.74, 6) is 0. The van der Waals surface area contributed by atoms with Gasteiger partial charge in [-0.1, -0.05) is 11.6 Å². The Morgan fingerprint density at radius 2 is 2.11 bits per heavy atom. The van der Waals surface area contributed by atoms with Crippen molar-refractivity contribution >= 4 is 43.2 Å². The lowest BCUT2D eigenvalue weighted by Gasteiger charge is -2.23. The minimum Gasteiger partial charge on any atom is -0.399 e. The van der Waals surface area contributed by atoms with Gasteiger partial charge in [-0.05, 0) is 35.0 Å². The monoisotopic (exact) mass is 356 g/mol. The highest BCUT2D eigenvalue weighted by molar-refractivity contribution is 9.10. The molecule has 1 atom stereocenters. The van der Waals surface area contributed by atoms with Crippen molar-refractivity contribution < 1.29 is 13.5 Å². The van der Waals surface area contributed by atoms with Crippen LogP contribution in [0.3, 0.4) is 0 Å². The van der Waals surface area contributed by atoms with E-state index in [9.17, 15) is 8.42 Å². The van der Waals surface area contributed by atoms with E-state index in [1.54, 1.807) is 6.92 Å². The van der Waals surface area contributed by atoms with Crippen molar-refractivity contribution in [3.63, 3.8) is 0 Å². The largest absolute Gasteiger partial charge is 0.399 e. The van der Waals surface area contributed by atoms with E-state index in [4.69, 9.17) is 22.4 Å². The molecule has 0 aromatic heterocycles. The fourth-order valence-corrected chi connectivity index (χ4v) is 3.76. The first-order valence-electron chi connectivity index (χ1n) is 5.05. The fourth-order valence-electron chi connectivity index (χ4n) is 1.28. The third kappa shape index (κ3) is 2.97. The van der Waals surface area contributed by atoms with Gasteiger partial charge in [0.2, 0.25) is 10.0 Å². The van der Waals surface area contributed by atoms with Gasteiger partial charge >= 0.3 is 0 Å². The summed E-state index contributed by atoms with van der Waals surface area (Å²) in [6, 6.07) is 2.27. The molecule has 5 nitrogen and oxygen atoms in total. The van der Waals surface area contributed by atoms with Gasteiger partial charge in [-0.15, -0.1) is 0 Å². The maximum Gasteiger partial charge on any atom is 0.244 e. The zero-order valence-electron chi connectivity index (χ0n) is 9.89. The quantitative estimate of drug-likeness (QED) is 0.803. The van der Waals surface area contributed by atoms with Crippen LogP contribution in [-0.2, 0) is 10.0 Å². The van der Waals surface area contributed by atoms with Crippen LogP contribution in [-0.4, -0.2) is 37.5 Å². The van der Waals surface area contributed by atoms with Crippen LogP contribution in [0.5, 0.6) is 0 Å². The smallest absolute Gasteiger partial charge is 0.244 e. The molecular formula is C10H14BrClN2O3S. The van der Waals surface area contributed by atoms with Crippen molar-refractivity contribution in [2.45, 2.75) is 17.9 Å². The molecule has 0 saturated carbocycles. The molecule has 18 heavy (non-hydrogen) atoms. The minimum absolute atomic E-state index is 0.0705. The Morgan fingerprint density at radius 3 is 2.61 bits per heavy atom. The van der Waals surface area contributed by atoms with Crippen molar-refractivity contribution in [2.24, 2.45) is 0 Å². The number of hydrogen-bond acceptors (Lipinski definition) is 4. The van der Waals surface area contributed by atoms with Crippen molar-refractivity contribution in [2.75, 3.05) is 19.4 Å². The second-order valence-electron chi connectivity index (χ2n) is 3.87. The maximum atomic E-state index is 12.3. The SMILES string of the molecule is CC(CO)N(C)S(=O)(=O)c1cc(N)cc(Br)c1Cl. The summed E-state index contributed by atoms with van der Waals surface area (Å²) in [7, 11) is -2.42. The molecule has 102 valence electrons. The van der Waals surface area contributed by atoms with Gasteiger partial charge in [0.15, 0.2) is 0 Å². The lowest BCUT2D eigenvalue weighted by atomic mass is 10.3. The summed E-state index contributed by atoms with van der Waals surface area (Å²) >= 11 is 9.12. The van der Waals surface area contributed by atoms with E-state index < -0.39 is 16.1 Å². The van der Waals surface area contributed by atoms with Crippen molar-refractivity contribution in [3.8, 4) is 0 Å². The van der Waals surface area contributed by atoms with E-state index in [0.717, 1.165) is 4.31 Å². The van der Waals surface area contributed by atoms with E-state index in [1.807, 2.05) is 0 Å². The van der Waals surface area contributed by atoms with Gasteiger partial charge in [0.1, 0.15) is 4.90 Å². The van der Waals surface area contributed by atoms with Crippen LogP contribution in [0.2, 0.25) is 5.02 Å². The molecule has 0 saturated heterocycles. The normalized spacial score (nSPS) is 13.9. The molecule has 0 radical (unpaired) electrons. The molecule has 8 heteroatoms. The number of benzene rings is 1. The first-order chi connectivity index (χ1) is 8.21. The number of halogens is 2. The average molecular weight is 358 g/mol. The molecule has 0 aliphatic carbocycles. The number of nitrogen functional groups attached to an aromatic ring is 1. The minimum atomic E-state index is -3.79. The van der Waals surface area contributed by atoms with Crippen LogP contribution in [0, 0.1) is 0 Å². The molecule has 1 aromatic rings. The van der Waals surface area contributed by atoms with E-state index in [2.05, 4.69) is 15.9 Å². The molecule has 0 bridgehead atoms. The first kappa shape index (κ1) is 15.7. The molecule has 3 N–H and O–H groups in total. The van der Waals surface area contributed by atoms with Crippen LogP contribution in [0.25, 0.3) is 0 Å². The number of hydrogen-bond donors (Lipinski definition) is 2. The zero-order chi connectivity index (χ0) is 14.1. The Hall–Kier alpha value is -0.340. The molecular weight excluding hydrogens is 344 g/mol. The van der Waals surface area contributed by atoms with Crippen LogP contribution >= 0.6 is 27.5 Å². The van der Waals surface area contributed by atoms with Crippen LogP contribution in [0.1, 0.15) is 6.92 Å². The lowest BCUT2D eigenvalue weighted by Crippen LogP contribution is -2.37. The average Bonchev–Trinajstić information content (AvgIpc) is 2.31. The van der Waals surface area contributed by atoms with Crippen molar-refractivity contribution in [1.82, 2.24) is 4.31 Å². The van der Waals surface area contributed by atoms with Crippen molar-refractivity contribution in [3.05, 3.63) is 21.6 Å². The highest BCUT2D eigenvalue weighted by Crippen LogP contribution is 2.33. The van der Waals surface area contributed by atoms with Gasteiger partial charge in [0, 0.05) is 23.2 Å². The topological polar surface area (TPSA) is 83.6 Å². The summed E-state index contributed by atoms with van der Waals surface area (Å²) in [4.78, 5) is -0.0844. The number of rotatable bonds is 4. The molecule has 1 aromatic carbocycles. The summed E-state index contributed by atoms with van der Waals surface area (Å²) in [5, 5.41) is 9.09. The molecule has 0 aliphatic heterocycles. The highest BCUT2D eigenvalue weighted by atomic mass is 79.9. The van der Waals surface area contributed by atoms with Crippen LogP contribution in [0.15, 0.2) is 21.5 Å². The Balaban J connectivity index is 3.37. The van der Waals surface area contributed by atoms with Gasteiger partial charge in [-0.2, -0.15) is 4.31 Å². The Labute approximate surface area is 120 Å². The number of anilines is 1. The molecule has 0 fully saturated rings. The molecule has 0 heterocycles. The van der Waals surface area contributed by atoms with Gasteiger partial charge in [-0.25, -0.2) is 8.42 Å². The van der Waals surface area contributed by atoms with Crippen molar-refractivity contribution in [1.29, 1.82) is 0 Å². The Bertz CT molecular complexity index is 550. The van der Waals surface area contributed by atoms with Crippen LogP contribution in [0.4, 0.5) is 5.69 Å². The summed E-state index contributed by atoms with van der Waals surface area (Å²) in [6.07, 6.45) is 0. The predicted molar refractivity (Wildman–Crippen MR) is 75.1 cm³/mol. The van der Waals surface area contributed by atoms with Gasteiger partial charge in [-0.3, -0.25) is 0 Å². The highest BCUT2D eigenvalue weighted by Gasteiger charge is 2.28. The maximum absolute atomic E-state index is 12.3. The Morgan fingerprint density at radius 1 is 1.56 bits per heavy atom. The number of sulfonamides is 1. The third-order valence-corrected chi connectivity index (χ3v) is 5.93. The Kier molecular flexibility index (Phi) is 5.02. The van der Waals surface area contributed by atoms with Gasteiger partial charge < -0.3 is 10.8 Å². The number of nitrogens with zero attached hydrogens (tertiary/aromatic N) is 1. The van der Waals surface area contributed by atoms with E-state index in [0.29, 0.717) is 4.47 Å². The molecule has 0 aliphatic rings. The lowest BCUT2D eigenvalue weighted by molar-refractivity contribution is 0.214. The molecule has 0 spiro atoms. The number of nitrogens with two attached hydrogens (primary N) is 1. The first-order valence-corrected chi connectivity index (χ1v) is 7.66. The summed E-state index contributed by atoms with van der Waals surface area (Å²) in [5.41, 5.74) is 5.90. The third-order valence-electron chi connectivity index (χ3n) is 2.56. The number of aliphatic hydroxyl groups excluding tert-OH is 1. The molecule has 1 rings (SSSR count). The molecule has 0 amide bonds. The molecule has 1 unspecified atom stereocenters.